The first-order valence-electron chi connectivity index (χ1n) is 6.02. The summed E-state index contributed by atoms with van der Waals surface area (Å²) in [5, 5.41) is 3.25. The van der Waals surface area contributed by atoms with Crippen molar-refractivity contribution in [2.24, 2.45) is 11.7 Å². The molecule has 1 aromatic carbocycles. The van der Waals surface area contributed by atoms with E-state index in [4.69, 9.17) is 10.5 Å². The van der Waals surface area contributed by atoms with Crippen LogP contribution < -0.4 is 10.5 Å². The van der Waals surface area contributed by atoms with Crippen molar-refractivity contribution in [1.82, 2.24) is 4.98 Å². The highest BCUT2D eigenvalue weighted by atomic mass is 32.1. The Kier molecular flexibility index (Phi) is 4.33. The van der Waals surface area contributed by atoms with E-state index < -0.39 is 0 Å². The first-order chi connectivity index (χ1) is 8.72. The average Bonchev–Trinajstić information content (AvgIpc) is 2.87. The molecule has 0 bridgehead atoms. The summed E-state index contributed by atoms with van der Waals surface area (Å²) in [4.78, 5) is 4.65. The normalized spacial score (nSPS) is 12.4. The lowest BCUT2D eigenvalue weighted by molar-refractivity contribution is 0.415. The van der Waals surface area contributed by atoms with Gasteiger partial charge in [0.05, 0.1) is 17.8 Å². The van der Waals surface area contributed by atoms with E-state index in [1.54, 1.807) is 18.4 Å². The van der Waals surface area contributed by atoms with Crippen LogP contribution in [-0.4, -0.2) is 18.6 Å². The minimum atomic E-state index is 0.486. The third kappa shape index (κ3) is 3.09. The first-order valence-corrected chi connectivity index (χ1v) is 6.89. The van der Waals surface area contributed by atoms with Crippen LogP contribution in [0.15, 0.2) is 29.6 Å². The summed E-state index contributed by atoms with van der Waals surface area (Å²) in [5.74, 6) is 1.35. The van der Waals surface area contributed by atoms with Crippen LogP contribution in [0.4, 0.5) is 0 Å². The van der Waals surface area contributed by atoms with Crippen molar-refractivity contribution in [3.63, 3.8) is 0 Å². The molecular formula is C14H18N2OS. The molecule has 0 amide bonds. The fraction of sp³-hybridized carbons (Fsp3) is 0.357. The van der Waals surface area contributed by atoms with Gasteiger partial charge < -0.3 is 10.5 Å². The van der Waals surface area contributed by atoms with Crippen LogP contribution in [0.5, 0.6) is 5.75 Å². The quantitative estimate of drug-likeness (QED) is 0.901. The van der Waals surface area contributed by atoms with E-state index in [9.17, 15) is 0 Å². The van der Waals surface area contributed by atoms with Crippen molar-refractivity contribution in [1.29, 1.82) is 0 Å². The summed E-state index contributed by atoms with van der Waals surface area (Å²) in [6.45, 7) is 2.85. The number of methoxy groups -OCH3 is 1. The predicted octanol–water partition coefficient (Wildman–Crippen LogP) is 2.96. The maximum atomic E-state index is 5.63. The highest BCUT2D eigenvalue weighted by Gasteiger charge is 2.07. The molecule has 1 atom stereocenters. The Morgan fingerprint density at radius 1 is 1.33 bits per heavy atom. The molecule has 1 heterocycles. The predicted molar refractivity (Wildman–Crippen MR) is 76.0 cm³/mol. The van der Waals surface area contributed by atoms with Gasteiger partial charge in [-0.1, -0.05) is 6.92 Å². The number of aromatic nitrogens is 1. The number of hydrogen-bond donors (Lipinski definition) is 1. The second kappa shape index (κ2) is 5.98. The fourth-order valence-corrected chi connectivity index (χ4v) is 2.65. The topological polar surface area (TPSA) is 48.1 Å². The molecule has 2 aromatic rings. The minimum absolute atomic E-state index is 0.486. The van der Waals surface area contributed by atoms with Crippen molar-refractivity contribution < 1.29 is 4.74 Å². The molecule has 0 aliphatic carbocycles. The SMILES string of the molecule is COc1ccc(-c2csc(CC(C)CN)n2)cc1. The summed E-state index contributed by atoms with van der Waals surface area (Å²) in [7, 11) is 1.67. The minimum Gasteiger partial charge on any atom is -0.497 e. The van der Waals surface area contributed by atoms with Crippen molar-refractivity contribution >= 4 is 11.3 Å². The highest BCUT2D eigenvalue weighted by Crippen LogP contribution is 2.25. The molecule has 0 aliphatic rings. The van der Waals surface area contributed by atoms with Crippen molar-refractivity contribution in [2.45, 2.75) is 13.3 Å². The molecule has 0 saturated heterocycles. The Hall–Kier alpha value is -1.39. The van der Waals surface area contributed by atoms with Gasteiger partial charge in [0, 0.05) is 17.4 Å². The van der Waals surface area contributed by atoms with Crippen LogP contribution in [0.1, 0.15) is 11.9 Å². The van der Waals surface area contributed by atoms with E-state index in [2.05, 4.69) is 17.3 Å². The Morgan fingerprint density at radius 3 is 2.67 bits per heavy atom. The van der Waals surface area contributed by atoms with Gasteiger partial charge in [0.1, 0.15) is 5.75 Å². The number of thiazole rings is 1. The second-order valence-corrected chi connectivity index (χ2v) is 5.34. The Balaban J connectivity index is 2.13. The van der Waals surface area contributed by atoms with E-state index in [0.29, 0.717) is 12.5 Å². The number of ether oxygens (including phenoxy) is 1. The third-order valence-corrected chi connectivity index (χ3v) is 3.73. The lowest BCUT2D eigenvalue weighted by Crippen LogP contribution is -2.12. The van der Waals surface area contributed by atoms with E-state index in [1.807, 2.05) is 24.3 Å². The van der Waals surface area contributed by atoms with Gasteiger partial charge >= 0.3 is 0 Å². The summed E-state index contributed by atoms with van der Waals surface area (Å²) < 4.78 is 5.15. The lowest BCUT2D eigenvalue weighted by Gasteiger charge is -2.04. The van der Waals surface area contributed by atoms with Gasteiger partial charge in [0.15, 0.2) is 0 Å². The Labute approximate surface area is 112 Å². The van der Waals surface area contributed by atoms with Crippen molar-refractivity contribution in [2.75, 3.05) is 13.7 Å². The number of rotatable bonds is 5. The standard InChI is InChI=1S/C14H18N2OS/c1-10(8-15)7-14-16-13(9-18-14)11-3-5-12(17-2)6-4-11/h3-6,9-10H,7-8,15H2,1-2H3. The lowest BCUT2D eigenvalue weighted by atomic mass is 10.1. The number of nitrogens with zero attached hydrogens (tertiary/aromatic N) is 1. The molecule has 4 heteroatoms. The van der Waals surface area contributed by atoms with Crippen LogP contribution >= 0.6 is 11.3 Å². The van der Waals surface area contributed by atoms with Gasteiger partial charge in [-0.3, -0.25) is 0 Å². The van der Waals surface area contributed by atoms with Crippen LogP contribution in [0.25, 0.3) is 11.3 Å². The molecule has 3 nitrogen and oxygen atoms in total. The first kappa shape index (κ1) is 13.1. The summed E-state index contributed by atoms with van der Waals surface area (Å²) >= 11 is 1.70. The molecule has 0 radical (unpaired) electrons. The fourth-order valence-electron chi connectivity index (χ4n) is 1.68. The molecular weight excluding hydrogens is 244 g/mol. The van der Waals surface area contributed by atoms with Gasteiger partial charge in [0.2, 0.25) is 0 Å². The van der Waals surface area contributed by atoms with E-state index in [-0.39, 0.29) is 0 Å². The van der Waals surface area contributed by atoms with Crippen LogP contribution in [0, 0.1) is 5.92 Å². The van der Waals surface area contributed by atoms with Crippen LogP contribution in [-0.2, 0) is 6.42 Å². The van der Waals surface area contributed by atoms with E-state index in [0.717, 1.165) is 28.4 Å². The monoisotopic (exact) mass is 262 g/mol. The Morgan fingerprint density at radius 2 is 2.06 bits per heavy atom. The molecule has 0 fully saturated rings. The molecule has 0 saturated carbocycles. The van der Waals surface area contributed by atoms with Gasteiger partial charge in [0.25, 0.3) is 0 Å². The number of benzene rings is 1. The number of nitrogens with two attached hydrogens (primary N) is 1. The smallest absolute Gasteiger partial charge is 0.118 e. The second-order valence-electron chi connectivity index (χ2n) is 4.40. The molecule has 0 aliphatic heterocycles. The third-order valence-electron chi connectivity index (χ3n) is 2.86. The van der Waals surface area contributed by atoms with Gasteiger partial charge in [-0.25, -0.2) is 4.98 Å². The highest BCUT2D eigenvalue weighted by molar-refractivity contribution is 7.09. The maximum absolute atomic E-state index is 5.63. The zero-order valence-electron chi connectivity index (χ0n) is 10.7. The molecule has 2 rings (SSSR count). The van der Waals surface area contributed by atoms with Crippen LogP contribution in [0.3, 0.4) is 0 Å². The van der Waals surface area contributed by atoms with Gasteiger partial charge in [-0.2, -0.15) is 0 Å². The zero-order chi connectivity index (χ0) is 13.0. The van der Waals surface area contributed by atoms with Crippen LogP contribution in [0.2, 0.25) is 0 Å². The summed E-state index contributed by atoms with van der Waals surface area (Å²) in [6, 6.07) is 7.97. The van der Waals surface area contributed by atoms with E-state index in [1.165, 1.54) is 0 Å². The van der Waals surface area contributed by atoms with E-state index >= 15 is 0 Å². The zero-order valence-corrected chi connectivity index (χ0v) is 11.5. The molecule has 0 spiro atoms. The Bertz CT molecular complexity index is 493. The molecule has 1 unspecified atom stereocenters. The maximum Gasteiger partial charge on any atom is 0.118 e. The molecule has 96 valence electrons. The van der Waals surface area contributed by atoms with Crippen molar-refractivity contribution in [3.8, 4) is 17.0 Å². The molecule has 18 heavy (non-hydrogen) atoms. The summed E-state index contributed by atoms with van der Waals surface area (Å²) in [6.07, 6.45) is 0.956. The van der Waals surface area contributed by atoms with Crippen molar-refractivity contribution in [3.05, 3.63) is 34.7 Å². The summed E-state index contributed by atoms with van der Waals surface area (Å²) in [5.41, 5.74) is 7.79. The number of hydrogen-bond acceptors (Lipinski definition) is 4. The van der Waals surface area contributed by atoms with Gasteiger partial charge in [-0.15, -0.1) is 11.3 Å². The van der Waals surface area contributed by atoms with Gasteiger partial charge in [-0.05, 0) is 36.7 Å². The largest absolute Gasteiger partial charge is 0.497 e. The molecule has 1 aromatic heterocycles. The molecule has 2 N–H and O–H groups in total. The average molecular weight is 262 g/mol.